The molecule has 0 heterocycles. The second-order valence-electron chi connectivity index (χ2n) is 4.03. The van der Waals surface area contributed by atoms with Crippen molar-refractivity contribution < 1.29 is 10.0 Å². The molecule has 94 valence electrons. The molecule has 0 radical (unpaired) electrons. The molecule has 0 saturated carbocycles. The summed E-state index contributed by atoms with van der Waals surface area (Å²) in [5.41, 5.74) is 5.37. The molecule has 0 aliphatic carbocycles. The van der Waals surface area contributed by atoms with Crippen LogP contribution in [-0.4, -0.2) is 34.9 Å². The lowest BCUT2D eigenvalue weighted by Crippen LogP contribution is -2.34. The van der Waals surface area contributed by atoms with Gasteiger partial charge in [0.25, 0.3) is 0 Å². The predicted molar refractivity (Wildman–Crippen MR) is 64.4 cm³/mol. The Balaban J connectivity index is 4.11. The molecule has 0 rings (SSSR count). The maximum absolute atomic E-state index is 11.8. The van der Waals surface area contributed by atoms with E-state index in [0.29, 0.717) is 31.8 Å². The highest BCUT2D eigenvalue weighted by atomic mass is 16.4. The van der Waals surface area contributed by atoms with Gasteiger partial charge >= 0.3 is 0 Å². The van der Waals surface area contributed by atoms with Crippen LogP contribution in [0, 0.1) is 5.92 Å². The van der Waals surface area contributed by atoms with Crippen LogP contribution < -0.4 is 5.73 Å². The van der Waals surface area contributed by atoms with E-state index in [-0.39, 0.29) is 11.7 Å². The smallest absolute Gasteiger partial charge is 0.222 e. The van der Waals surface area contributed by atoms with Crippen molar-refractivity contribution in [1.29, 1.82) is 0 Å². The van der Waals surface area contributed by atoms with E-state index in [9.17, 15) is 4.79 Å². The first-order valence-corrected chi connectivity index (χ1v) is 5.79. The van der Waals surface area contributed by atoms with Gasteiger partial charge in [-0.25, -0.2) is 0 Å². The topological polar surface area (TPSA) is 78.9 Å². The van der Waals surface area contributed by atoms with Crippen LogP contribution in [0.3, 0.4) is 0 Å². The van der Waals surface area contributed by atoms with E-state index >= 15 is 0 Å². The van der Waals surface area contributed by atoms with E-state index in [1.807, 2.05) is 6.92 Å². The molecular weight excluding hydrogens is 206 g/mol. The molecule has 1 atom stereocenters. The minimum atomic E-state index is 0.141. The van der Waals surface area contributed by atoms with Crippen molar-refractivity contribution in [2.45, 2.75) is 40.0 Å². The van der Waals surface area contributed by atoms with Crippen molar-refractivity contribution in [3.63, 3.8) is 0 Å². The van der Waals surface area contributed by atoms with Crippen molar-refractivity contribution in [3.8, 4) is 0 Å². The van der Waals surface area contributed by atoms with Crippen LogP contribution in [-0.2, 0) is 4.79 Å². The van der Waals surface area contributed by atoms with E-state index in [2.05, 4.69) is 19.0 Å². The number of nitrogens with two attached hydrogens (primary N) is 1. The fraction of sp³-hybridized carbons (Fsp3) is 0.818. The molecule has 0 aliphatic heterocycles. The monoisotopic (exact) mass is 229 g/mol. The Labute approximate surface area is 97.3 Å². The zero-order valence-corrected chi connectivity index (χ0v) is 10.4. The quantitative estimate of drug-likeness (QED) is 0.300. The maximum atomic E-state index is 11.8. The van der Waals surface area contributed by atoms with Gasteiger partial charge in [-0.05, 0) is 12.8 Å². The summed E-state index contributed by atoms with van der Waals surface area (Å²) in [4.78, 5) is 13.6. The van der Waals surface area contributed by atoms with Gasteiger partial charge in [-0.1, -0.05) is 25.4 Å². The van der Waals surface area contributed by atoms with Gasteiger partial charge in [-0.15, -0.1) is 0 Å². The van der Waals surface area contributed by atoms with Gasteiger partial charge in [0, 0.05) is 25.9 Å². The molecule has 5 nitrogen and oxygen atoms in total. The van der Waals surface area contributed by atoms with Crippen molar-refractivity contribution >= 4 is 11.7 Å². The summed E-state index contributed by atoms with van der Waals surface area (Å²) in [6.07, 6.45) is 1.99. The summed E-state index contributed by atoms with van der Waals surface area (Å²) in [6, 6.07) is 0. The first-order valence-electron chi connectivity index (χ1n) is 5.79. The van der Waals surface area contributed by atoms with Crippen molar-refractivity contribution in [2.24, 2.45) is 16.8 Å². The minimum Gasteiger partial charge on any atom is -0.409 e. The van der Waals surface area contributed by atoms with Crippen LogP contribution >= 0.6 is 0 Å². The number of oxime groups is 1. The van der Waals surface area contributed by atoms with Gasteiger partial charge in [-0.3, -0.25) is 4.79 Å². The Morgan fingerprint density at radius 1 is 1.50 bits per heavy atom. The zero-order chi connectivity index (χ0) is 12.6. The molecule has 1 amide bonds. The Morgan fingerprint density at radius 3 is 2.56 bits per heavy atom. The molecule has 5 heteroatoms. The molecule has 0 aromatic heterocycles. The van der Waals surface area contributed by atoms with Gasteiger partial charge in [0.1, 0.15) is 5.84 Å². The summed E-state index contributed by atoms with van der Waals surface area (Å²) in [6.45, 7) is 7.25. The average molecular weight is 229 g/mol. The van der Waals surface area contributed by atoms with Crippen LogP contribution in [0.15, 0.2) is 5.16 Å². The Morgan fingerprint density at radius 2 is 2.12 bits per heavy atom. The van der Waals surface area contributed by atoms with Crippen molar-refractivity contribution in [1.82, 2.24) is 4.90 Å². The van der Waals surface area contributed by atoms with E-state index in [1.165, 1.54) is 0 Å². The molecule has 0 saturated heterocycles. The first kappa shape index (κ1) is 14.7. The number of carbonyl (C=O) groups is 1. The Bertz CT molecular complexity index is 241. The number of amides is 1. The third-order valence-corrected chi connectivity index (χ3v) is 2.72. The second kappa shape index (κ2) is 7.96. The molecule has 0 bridgehead atoms. The highest BCUT2D eigenvalue weighted by Gasteiger charge is 2.14. The molecule has 0 spiro atoms. The van der Waals surface area contributed by atoms with Crippen LogP contribution in [0.4, 0.5) is 0 Å². The van der Waals surface area contributed by atoms with Crippen LogP contribution in [0.25, 0.3) is 0 Å². The van der Waals surface area contributed by atoms with Gasteiger partial charge in [-0.2, -0.15) is 0 Å². The maximum Gasteiger partial charge on any atom is 0.222 e. The third-order valence-electron chi connectivity index (χ3n) is 2.72. The van der Waals surface area contributed by atoms with E-state index in [1.54, 1.807) is 4.90 Å². The molecule has 0 aliphatic rings. The standard InChI is InChI=1S/C11H23N3O2/c1-4-9(3)8-11(15)14(5-2)7-6-10(12)13-16/h9,16H,4-8H2,1-3H3,(H2,12,13). The molecule has 1 unspecified atom stereocenters. The number of carbonyl (C=O) groups excluding carboxylic acids is 1. The SMILES string of the molecule is CCC(C)CC(=O)N(CC)CCC(N)=NO. The minimum absolute atomic E-state index is 0.141. The Kier molecular flexibility index (Phi) is 7.33. The largest absolute Gasteiger partial charge is 0.409 e. The molecular formula is C11H23N3O2. The number of rotatable bonds is 7. The lowest BCUT2D eigenvalue weighted by molar-refractivity contribution is -0.131. The van der Waals surface area contributed by atoms with Crippen LogP contribution in [0.2, 0.25) is 0 Å². The van der Waals surface area contributed by atoms with E-state index < -0.39 is 0 Å². The highest BCUT2D eigenvalue weighted by Crippen LogP contribution is 2.09. The molecule has 3 N–H and O–H groups in total. The summed E-state index contributed by atoms with van der Waals surface area (Å²) in [5.74, 6) is 0.711. The van der Waals surface area contributed by atoms with E-state index in [0.717, 1.165) is 6.42 Å². The summed E-state index contributed by atoms with van der Waals surface area (Å²) < 4.78 is 0. The van der Waals surface area contributed by atoms with Crippen molar-refractivity contribution in [2.75, 3.05) is 13.1 Å². The number of hydrogen-bond donors (Lipinski definition) is 2. The second-order valence-corrected chi connectivity index (χ2v) is 4.03. The van der Waals surface area contributed by atoms with Crippen LogP contribution in [0.5, 0.6) is 0 Å². The fourth-order valence-electron chi connectivity index (χ4n) is 1.33. The normalized spacial score (nSPS) is 13.6. The Hall–Kier alpha value is -1.26. The first-order chi connectivity index (χ1) is 7.54. The average Bonchev–Trinajstić information content (AvgIpc) is 2.29. The lowest BCUT2D eigenvalue weighted by Gasteiger charge is -2.22. The third kappa shape index (κ3) is 5.58. The number of nitrogens with zero attached hydrogens (tertiary/aromatic N) is 2. The van der Waals surface area contributed by atoms with Gasteiger partial charge < -0.3 is 15.8 Å². The van der Waals surface area contributed by atoms with Crippen LogP contribution in [0.1, 0.15) is 40.0 Å². The summed E-state index contributed by atoms with van der Waals surface area (Å²) >= 11 is 0. The molecule has 0 aromatic carbocycles. The zero-order valence-electron chi connectivity index (χ0n) is 10.4. The number of hydrogen-bond acceptors (Lipinski definition) is 3. The highest BCUT2D eigenvalue weighted by molar-refractivity contribution is 5.81. The van der Waals surface area contributed by atoms with E-state index in [4.69, 9.17) is 10.9 Å². The van der Waals surface area contributed by atoms with Gasteiger partial charge in [0.2, 0.25) is 5.91 Å². The lowest BCUT2D eigenvalue weighted by atomic mass is 10.0. The van der Waals surface area contributed by atoms with Gasteiger partial charge in [0.15, 0.2) is 0 Å². The van der Waals surface area contributed by atoms with Crippen molar-refractivity contribution in [3.05, 3.63) is 0 Å². The molecule has 0 aromatic rings. The fourth-order valence-corrected chi connectivity index (χ4v) is 1.33. The summed E-state index contributed by atoms with van der Waals surface area (Å²) in [5, 5.41) is 11.3. The summed E-state index contributed by atoms with van der Waals surface area (Å²) in [7, 11) is 0. The molecule has 0 fully saturated rings. The number of amidine groups is 1. The molecule has 16 heavy (non-hydrogen) atoms. The van der Waals surface area contributed by atoms with Gasteiger partial charge in [0.05, 0.1) is 0 Å². The predicted octanol–water partition coefficient (Wildman–Crippen LogP) is 1.41.